The minimum atomic E-state index is -0.274. The maximum atomic E-state index is 13.5. The number of methoxy groups -OCH3 is 2. The van der Waals surface area contributed by atoms with Crippen molar-refractivity contribution in [3.63, 3.8) is 0 Å². The standard InChI is InChI=1S/C28H28ClN3O4/c1-35-24-11-10-19(16-25(24)36-2)17-32-27(33)21-7-5-9-23(26(21)28(32)34)31-14-12-30(13-15-31)18-20-6-3-4-8-22(20)29/h3-11,16H,12-15,17-18H2,1-2H3. The van der Waals surface area contributed by atoms with Crippen LogP contribution in [0.15, 0.2) is 60.7 Å². The Morgan fingerprint density at radius 3 is 2.28 bits per heavy atom. The number of carbonyl (C=O) groups excluding carboxylic acids is 2. The first-order valence-electron chi connectivity index (χ1n) is 11.9. The molecule has 0 N–H and O–H groups in total. The first kappa shape index (κ1) is 24.2. The number of fused-ring (bicyclic) bond motifs is 1. The Bertz CT molecular complexity index is 1300. The average Bonchev–Trinajstić information content (AvgIpc) is 3.15. The van der Waals surface area contributed by atoms with E-state index in [0.29, 0.717) is 22.6 Å². The molecular formula is C28H28ClN3O4. The van der Waals surface area contributed by atoms with E-state index in [-0.39, 0.29) is 18.4 Å². The van der Waals surface area contributed by atoms with Crippen LogP contribution in [0.3, 0.4) is 0 Å². The van der Waals surface area contributed by atoms with Crippen molar-refractivity contribution in [2.75, 3.05) is 45.3 Å². The number of nitrogens with zero attached hydrogens (tertiary/aromatic N) is 3. The average molecular weight is 506 g/mol. The van der Waals surface area contributed by atoms with E-state index in [1.54, 1.807) is 32.4 Å². The summed E-state index contributed by atoms with van der Waals surface area (Å²) >= 11 is 6.34. The third-order valence-corrected chi connectivity index (χ3v) is 7.20. The SMILES string of the molecule is COc1ccc(CN2C(=O)c3cccc(N4CCN(Cc5ccccc5Cl)CC4)c3C2=O)cc1OC. The summed E-state index contributed by atoms with van der Waals surface area (Å²) in [7, 11) is 3.13. The van der Waals surface area contributed by atoms with Gasteiger partial charge in [0, 0.05) is 37.7 Å². The lowest BCUT2D eigenvalue weighted by Crippen LogP contribution is -2.46. The molecular weight excluding hydrogens is 478 g/mol. The molecule has 3 aromatic carbocycles. The van der Waals surface area contributed by atoms with Crippen LogP contribution in [0.25, 0.3) is 0 Å². The number of halogens is 1. The van der Waals surface area contributed by atoms with Crippen molar-refractivity contribution in [3.8, 4) is 11.5 Å². The number of carbonyl (C=O) groups is 2. The summed E-state index contributed by atoms with van der Waals surface area (Å²) in [4.78, 5) is 32.6. The molecule has 0 spiro atoms. The monoisotopic (exact) mass is 505 g/mol. The van der Waals surface area contributed by atoms with Crippen molar-refractivity contribution in [3.05, 3.63) is 87.9 Å². The zero-order chi connectivity index (χ0) is 25.2. The zero-order valence-electron chi connectivity index (χ0n) is 20.4. The van der Waals surface area contributed by atoms with Crippen LogP contribution in [-0.4, -0.2) is 62.0 Å². The van der Waals surface area contributed by atoms with Gasteiger partial charge in [0.05, 0.1) is 37.6 Å². The molecule has 0 atom stereocenters. The number of imide groups is 1. The molecule has 0 bridgehead atoms. The van der Waals surface area contributed by atoms with Crippen LogP contribution in [0.4, 0.5) is 5.69 Å². The highest BCUT2D eigenvalue weighted by Gasteiger charge is 2.38. The molecule has 1 saturated heterocycles. The molecule has 2 aliphatic heterocycles. The molecule has 0 aliphatic carbocycles. The molecule has 0 saturated carbocycles. The fourth-order valence-electron chi connectivity index (χ4n) is 4.90. The number of hydrogen-bond acceptors (Lipinski definition) is 6. The summed E-state index contributed by atoms with van der Waals surface area (Å²) < 4.78 is 10.7. The Balaban J connectivity index is 1.31. The molecule has 0 radical (unpaired) electrons. The zero-order valence-corrected chi connectivity index (χ0v) is 21.1. The van der Waals surface area contributed by atoms with Crippen LogP contribution in [0.1, 0.15) is 31.8 Å². The molecule has 2 heterocycles. The predicted molar refractivity (Wildman–Crippen MR) is 139 cm³/mol. The highest BCUT2D eigenvalue weighted by atomic mass is 35.5. The van der Waals surface area contributed by atoms with Crippen LogP contribution in [0.5, 0.6) is 11.5 Å². The molecule has 0 aromatic heterocycles. The van der Waals surface area contributed by atoms with Gasteiger partial charge in [0.25, 0.3) is 11.8 Å². The van der Waals surface area contributed by atoms with E-state index in [2.05, 4.69) is 15.9 Å². The normalized spacial score (nSPS) is 15.9. The molecule has 2 amide bonds. The number of benzene rings is 3. The second-order valence-electron chi connectivity index (χ2n) is 8.94. The van der Waals surface area contributed by atoms with Gasteiger partial charge in [-0.15, -0.1) is 0 Å². The number of anilines is 1. The van der Waals surface area contributed by atoms with Gasteiger partial charge in [-0.05, 0) is 41.5 Å². The van der Waals surface area contributed by atoms with Gasteiger partial charge in [0.1, 0.15) is 0 Å². The number of amides is 2. The lowest BCUT2D eigenvalue weighted by molar-refractivity contribution is 0.0642. The van der Waals surface area contributed by atoms with E-state index in [1.807, 2.05) is 36.4 Å². The minimum Gasteiger partial charge on any atom is -0.493 e. The molecule has 0 unspecified atom stereocenters. The van der Waals surface area contributed by atoms with Gasteiger partial charge in [-0.1, -0.05) is 41.9 Å². The minimum absolute atomic E-state index is 0.164. The summed E-state index contributed by atoms with van der Waals surface area (Å²) in [6, 6.07) is 18.8. The Kier molecular flexibility index (Phi) is 6.85. The largest absolute Gasteiger partial charge is 0.493 e. The Morgan fingerprint density at radius 1 is 0.806 bits per heavy atom. The lowest BCUT2D eigenvalue weighted by atomic mass is 10.1. The molecule has 186 valence electrons. The van der Waals surface area contributed by atoms with Gasteiger partial charge >= 0.3 is 0 Å². The van der Waals surface area contributed by atoms with Crippen LogP contribution in [0, 0.1) is 0 Å². The van der Waals surface area contributed by atoms with E-state index in [9.17, 15) is 9.59 Å². The second kappa shape index (κ2) is 10.2. The van der Waals surface area contributed by atoms with Crippen LogP contribution in [-0.2, 0) is 13.1 Å². The van der Waals surface area contributed by atoms with Gasteiger partial charge in [0.15, 0.2) is 11.5 Å². The van der Waals surface area contributed by atoms with E-state index in [0.717, 1.165) is 54.6 Å². The molecule has 2 aliphatic rings. The maximum Gasteiger partial charge on any atom is 0.263 e. The van der Waals surface area contributed by atoms with Gasteiger partial charge < -0.3 is 14.4 Å². The molecule has 1 fully saturated rings. The first-order valence-corrected chi connectivity index (χ1v) is 12.3. The maximum absolute atomic E-state index is 13.5. The number of rotatable bonds is 7. The van der Waals surface area contributed by atoms with Crippen molar-refractivity contribution >= 4 is 29.1 Å². The number of ether oxygens (including phenoxy) is 2. The smallest absolute Gasteiger partial charge is 0.263 e. The molecule has 3 aromatic rings. The number of hydrogen-bond donors (Lipinski definition) is 0. The van der Waals surface area contributed by atoms with Crippen LogP contribution < -0.4 is 14.4 Å². The summed E-state index contributed by atoms with van der Waals surface area (Å²) in [6.07, 6.45) is 0. The Hall–Kier alpha value is -3.55. The summed E-state index contributed by atoms with van der Waals surface area (Å²) in [6.45, 7) is 4.16. The summed E-state index contributed by atoms with van der Waals surface area (Å²) in [5, 5.41) is 0.777. The first-order chi connectivity index (χ1) is 17.5. The van der Waals surface area contributed by atoms with Gasteiger partial charge in [-0.3, -0.25) is 19.4 Å². The van der Waals surface area contributed by atoms with Crippen molar-refractivity contribution < 1.29 is 19.1 Å². The summed E-state index contributed by atoms with van der Waals surface area (Å²) in [5.74, 6) is 0.615. The Morgan fingerprint density at radius 2 is 1.56 bits per heavy atom. The van der Waals surface area contributed by atoms with Gasteiger partial charge in [0.2, 0.25) is 0 Å². The molecule has 8 heteroatoms. The van der Waals surface area contributed by atoms with Crippen molar-refractivity contribution in [2.24, 2.45) is 0 Å². The van der Waals surface area contributed by atoms with Crippen molar-refractivity contribution in [1.82, 2.24) is 9.80 Å². The molecule has 36 heavy (non-hydrogen) atoms. The second-order valence-corrected chi connectivity index (χ2v) is 9.35. The predicted octanol–water partition coefficient (Wildman–Crippen LogP) is 4.48. The number of piperazine rings is 1. The highest BCUT2D eigenvalue weighted by Crippen LogP contribution is 2.34. The fourth-order valence-corrected chi connectivity index (χ4v) is 5.09. The van der Waals surface area contributed by atoms with Gasteiger partial charge in [-0.25, -0.2) is 0 Å². The third kappa shape index (κ3) is 4.52. The van der Waals surface area contributed by atoms with Crippen LogP contribution in [0.2, 0.25) is 5.02 Å². The van der Waals surface area contributed by atoms with E-state index >= 15 is 0 Å². The molecule has 5 rings (SSSR count). The Labute approximate surface area is 215 Å². The van der Waals surface area contributed by atoms with E-state index in [1.165, 1.54) is 4.90 Å². The van der Waals surface area contributed by atoms with Crippen molar-refractivity contribution in [2.45, 2.75) is 13.1 Å². The highest BCUT2D eigenvalue weighted by molar-refractivity contribution is 6.31. The van der Waals surface area contributed by atoms with Crippen LogP contribution >= 0.6 is 11.6 Å². The fraction of sp³-hybridized carbons (Fsp3) is 0.286. The van der Waals surface area contributed by atoms with E-state index < -0.39 is 0 Å². The third-order valence-electron chi connectivity index (χ3n) is 6.83. The lowest BCUT2D eigenvalue weighted by Gasteiger charge is -2.36. The summed E-state index contributed by atoms with van der Waals surface area (Å²) in [5.41, 5.74) is 3.66. The van der Waals surface area contributed by atoms with E-state index in [4.69, 9.17) is 21.1 Å². The quantitative estimate of drug-likeness (QED) is 0.441. The van der Waals surface area contributed by atoms with Crippen molar-refractivity contribution in [1.29, 1.82) is 0 Å². The van der Waals surface area contributed by atoms with Gasteiger partial charge in [-0.2, -0.15) is 0 Å². The molecule has 7 nitrogen and oxygen atoms in total. The topological polar surface area (TPSA) is 62.3 Å².